The molecule has 1 aromatic rings. The third kappa shape index (κ3) is 6.58. The molecule has 1 aliphatic rings. The fourth-order valence-corrected chi connectivity index (χ4v) is 3.46. The van der Waals surface area contributed by atoms with Gasteiger partial charge < -0.3 is 14.2 Å². The zero-order valence-electron chi connectivity index (χ0n) is 14.6. The first-order valence-corrected chi connectivity index (χ1v) is 11.3. The first-order valence-electron chi connectivity index (χ1n) is 7.65. The van der Waals surface area contributed by atoms with Gasteiger partial charge in [0.05, 0.1) is 25.7 Å². The molecule has 11 heteroatoms. The van der Waals surface area contributed by atoms with Crippen molar-refractivity contribution in [2.75, 3.05) is 26.2 Å². The maximum absolute atomic E-state index is 11.6. The molecule has 0 radical (unpaired) electrons. The van der Waals surface area contributed by atoms with Crippen LogP contribution in [0.4, 0.5) is 0 Å². The zero-order valence-corrected chi connectivity index (χ0v) is 16.2. The van der Waals surface area contributed by atoms with Gasteiger partial charge in [0.15, 0.2) is 12.4 Å². The van der Waals surface area contributed by atoms with Crippen LogP contribution in [0.2, 0.25) is 0 Å². The van der Waals surface area contributed by atoms with Gasteiger partial charge in [-0.3, -0.25) is 8.37 Å². The molecule has 0 N–H and O–H groups in total. The van der Waals surface area contributed by atoms with Crippen LogP contribution >= 0.6 is 0 Å². The molecule has 2 rings (SSSR count). The zero-order chi connectivity index (χ0) is 19.4. The Morgan fingerprint density at radius 2 is 1.65 bits per heavy atom. The highest BCUT2D eigenvalue weighted by molar-refractivity contribution is 7.86. The van der Waals surface area contributed by atoms with Crippen LogP contribution in [0, 0.1) is 0 Å². The van der Waals surface area contributed by atoms with E-state index in [2.05, 4.69) is 0 Å². The minimum Gasteiger partial charge on any atom is -0.368 e. The van der Waals surface area contributed by atoms with E-state index >= 15 is 0 Å². The predicted octanol–water partition coefficient (Wildman–Crippen LogP) is 0.264. The summed E-state index contributed by atoms with van der Waals surface area (Å²) in [5, 5.41) is 0. The van der Waals surface area contributed by atoms with E-state index in [0.717, 1.165) is 18.1 Å². The number of rotatable bonds is 9. The molecule has 1 saturated heterocycles. The Morgan fingerprint density at radius 1 is 1.00 bits per heavy atom. The lowest BCUT2D eigenvalue weighted by Gasteiger charge is -2.23. The van der Waals surface area contributed by atoms with Crippen molar-refractivity contribution < 1.29 is 39.4 Å². The van der Waals surface area contributed by atoms with E-state index in [1.807, 2.05) is 30.3 Å². The molecule has 148 valence electrons. The van der Waals surface area contributed by atoms with Gasteiger partial charge in [-0.1, -0.05) is 30.3 Å². The van der Waals surface area contributed by atoms with E-state index in [1.165, 1.54) is 7.11 Å². The monoisotopic (exact) mass is 410 g/mol. The van der Waals surface area contributed by atoms with Gasteiger partial charge >= 0.3 is 0 Å². The van der Waals surface area contributed by atoms with E-state index in [-0.39, 0.29) is 13.2 Å². The molecule has 0 aliphatic carbocycles. The third-order valence-electron chi connectivity index (χ3n) is 3.52. The van der Waals surface area contributed by atoms with Crippen molar-refractivity contribution in [3.8, 4) is 0 Å². The first-order chi connectivity index (χ1) is 12.1. The first kappa shape index (κ1) is 21.2. The lowest BCUT2D eigenvalue weighted by molar-refractivity contribution is -0.146. The summed E-state index contributed by atoms with van der Waals surface area (Å²) >= 11 is 0. The van der Waals surface area contributed by atoms with Gasteiger partial charge in [0.25, 0.3) is 20.2 Å². The second kappa shape index (κ2) is 8.74. The number of methoxy groups -OCH3 is 1. The molecule has 1 heterocycles. The van der Waals surface area contributed by atoms with Crippen molar-refractivity contribution in [3.63, 3.8) is 0 Å². The maximum Gasteiger partial charge on any atom is 0.264 e. The van der Waals surface area contributed by atoms with Crippen LogP contribution in [-0.4, -0.2) is 67.7 Å². The van der Waals surface area contributed by atoms with Crippen molar-refractivity contribution in [2.24, 2.45) is 0 Å². The maximum atomic E-state index is 11.6. The molecule has 1 aromatic carbocycles. The summed E-state index contributed by atoms with van der Waals surface area (Å²) in [4.78, 5) is 0. The normalized spacial score (nSPS) is 26.9. The van der Waals surface area contributed by atoms with Crippen molar-refractivity contribution in [3.05, 3.63) is 35.9 Å². The van der Waals surface area contributed by atoms with Gasteiger partial charge in [0.1, 0.15) is 12.2 Å². The van der Waals surface area contributed by atoms with Crippen LogP contribution in [0.1, 0.15) is 5.56 Å². The molecule has 0 saturated carbocycles. The number of benzene rings is 1. The molecule has 2 unspecified atom stereocenters. The molecule has 4 atom stereocenters. The van der Waals surface area contributed by atoms with Crippen LogP contribution in [0.3, 0.4) is 0 Å². The van der Waals surface area contributed by atoms with E-state index in [9.17, 15) is 16.8 Å². The quantitative estimate of drug-likeness (QED) is 0.529. The van der Waals surface area contributed by atoms with Crippen molar-refractivity contribution in [2.45, 2.75) is 31.2 Å². The topological polar surface area (TPSA) is 114 Å². The molecule has 0 bridgehead atoms. The summed E-state index contributed by atoms with van der Waals surface area (Å²) in [7, 11) is -6.23. The molecule has 0 spiro atoms. The minimum atomic E-state index is -3.83. The minimum absolute atomic E-state index is 0.143. The molecular weight excluding hydrogens is 388 g/mol. The SMILES string of the molecule is COC1O[C@H](COS(C)(=O)=O)[C@@H](OCc2ccccc2)C1OS(C)(=O)=O. The van der Waals surface area contributed by atoms with E-state index in [4.69, 9.17) is 22.6 Å². The summed E-state index contributed by atoms with van der Waals surface area (Å²) < 4.78 is 71.9. The van der Waals surface area contributed by atoms with Gasteiger partial charge in [-0.15, -0.1) is 0 Å². The Kier molecular flexibility index (Phi) is 7.13. The van der Waals surface area contributed by atoms with E-state index in [0.29, 0.717) is 0 Å². The second-order valence-corrected chi connectivity index (χ2v) is 9.04. The fourth-order valence-electron chi connectivity index (χ4n) is 2.48. The largest absolute Gasteiger partial charge is 0.368 e. The standard InChI is InChI=1S/C15H22O9S2/c1-20-15-14(24-26(3,18)19)13(12(23-15)10-22-25(2,16)17)21-9-11-7-5-4-6-8-11/h4-8,12-15H,9-10H2,1-3H3/t12-,13-,14?,15?/m1/s1. The highest BCUT2D eigenvalue weighted by atomic mass is 32.2. The average Bonchev–Trinajstić information content (AvgIpc) is 2.86. The number of hydrogen-bond donors (Lipinski definition) is 0. The molecule has 9 nitrogen and oxygen atoms in total. The van der Waals surface area contributed by atoms with Crippen LogP contribution in [0.25, 0.3) is 0 Å². The van der Waals surface area contributed by atoms with Gasteiger partial charge in [0.2, 0.25) is 0 Å². The van der Waals surface area contributed by atoms with Gasteiger partial charge in [-0.05, 0) is 5.56 Å². The Morgan fingerprint density at radius 3 is 2.19 bits per heavy atom. The van der Waals surface area contributed by atoms with E-state index in [1.54, 1.807) is 0 Å². The summed E-state index contributed by atoms with van der Waals surface area (Å²) in [6.45, 7) is -0.216. The number of hydrogen-bond acceptors (Lipinski definition) is 9. The fraction of sp³-hybridized carbons (Fsp3) is 0.600. The lowest BCUT2D eigenvalue weighted by atomic mass is 10.1. The lowest BCUT2D eigenvalue weighted by Crippen LogP contribution is -2.40. The third-order valence-corrected chi connectivity index (χ3v) is 4.65. The summed E-state index contributed by atoms with van der Waals surface area (Å²) in [5.74, 6) is 0. The van der Waals surface area contributed by atoms with Crippen LogP contribution in [-0.2, 0) is 49.4 Å². The van der Waals surface area contributed by atoms with Crippen LogP contribution in [0.5, 0.6) is 0 Å². The van der Waals surface area contributed by atoms with Crippen molar-refractivity contribution in [1.29, 1.82) is 0 Å². The highest BCUT2D eigenvalue weighted by Gasteiger charge is 2.49. The predicted molar refractivity (Wildman–Crippen MR) is 91.2 cm³/mol. The molecule has 1 fully saturated rings. The van der Waals surface area contributed by atoms with Gasteiger partial charge in [-0.2, -0.15) is 16.8 Å². The molecule has 26 heavy (non-hydrogen) atoms. The summed E-state index contributed by atoms with van der Waals surface area (Å²) in [6, 6.07) is 9.17. The van der Waals surface area contributed by atoms with Crippen molar-refractivity contribution >= 4 is 20.2 Å². The summed E-state index contributed by atoms with van der Waals surface area (Å²) in [5.41, 5.74) is 0.842. The Labute approximate surface area is 153 Å². The Bertz CT molecular complexity index is 777. The Hall–Kier alpha value is -1.08. The molecule has 0 amide bonds. The van der Waals surface area contributed by atoms with Crippen molar-refractivity contribution in [1.82, 2.24) is 0 Å². The summed E-state index contributed by atoms with van der Waals surface area (Å²) in [6.07, 6.45) is -2.18. The van der Waals surface area contributed by atoms with Crippen LogP contribution < -0.4 is 0 Å². The molecule has 1 aliphatic heterocycles. The number of ether oxygens (including phenoxy) is 3. The van der Waals surface area contributed by atoms with Crippen LogP contribution in [0.15, 0.2) is 30.3 Å². The smallest absolute Gasteiger partial charge is 0.264 e. The Balaban J connectivity index is 2.18. The highest BCUT2D eigenvalue weighted by Crippen LogP contribution is 2.29. The van der Waals surface area contributed by atoms with E-state index < -0.39 is 44.8 Å². The van der Waals surface area contributed by atoms with Gasteiger partial charge in [0, 0.05) is 7.11 Å². The molecule has 0 aromatic heterocycles. The average molecular weight is 410 g/mol. The molecular formula is C15H22O9S2. The second-order valence-electron chi connectivity index (χ2n) is 5.79. The van der Waals surface area contributed by atoms with Gasteiger partial charge in [-0.25, -0.2) is 0 Å².